The minimum atomic E-state index is 0.182. The van der Waals surface area contributed by atoms with E-state index in [-0.39, 0.29) is 12.6 Å². The Labute approximate surface area is 82.8 Å². The number of anilines is 1. The van der Waals surface area contributed by atoms with Crippen LogP contribution < -0.4 is 5.32 Å². The van der Waals surface area contributed by atoms with Gasteiger partial charge >= 0.3 is 0 Å². The SMILES string of the molecule is CC(CCO)Nc1ccc(Cl)cn1. The summed E-state index contributed by atoms with van der Waals surface area (Å²) in [6.07, 6.45) is 2.31. The van der Waals surface area contributed by atoms with E-state index in [2.05, 4.69) is 10.3 Å². The predicted octanol–water partition coefficient (Wildman–Crippen LogP) is 1.92. The van der Waals surface area contributed by atoms with E-state index in [1.165, 1.54) is 0 Å². The summed E-state index contributed by atoms with van der Waals surface area (Å²) < 4.78 is 0. The Balaban J connectivity index is 2.49. The number of hydrogen-bond donors (Lipinski definition) is 2. The summed E-state index contributed by atoms with van der Waals surface area (Å²) >= 11 is 5.68. The molecule has 1 unspecified atom stereocenters. The minimum Gasteiger partial charge on any atom is -0.396 e. The Morgan fingerprint density at radius 1 is 1.62 bits per heavy atom. The molecule has 0 fully saturated rings. The molecule has 0 aromatic carbocycles. The molecule has 0 bridgehead atoms. The van der Waals surface area contributed by atoms with Crippen LogP contribution in [-0.2, 0) is 0 Å². The molecule has 0 amide bonds. The van der Waals surface area contributed by atoms with E-state index in [9.17, 15) is 0 Å². The van der Waals surface area contributed by atoms with Crippen LogP contribution >= 0.6 is 11.6 Å². The van der Waals surface area contributed by atoms with Gasteiger partial charge in [0.25, 0.3) is 0 Å². The fraction of sp³-hybridized carbons (Fsp3) is 0.444. The molecule has 1 aromatic rings. The van der Waals surface area contributed by atoms with E-state index in [1.54, 1.807) is 12.3 Å². The second-order valence-electron chi connectivity index (χ2n) is 2.92. The minimum absolute atomic E-state index is 0.182. The van der Waals surface area contributed by atoms with E-state index in [1.807, 2.05) is 13.0 Å². The Hall–Kier alpha value is -0.800. The summed E-state index contributed by atoms with van der Waals surface area (Å²) in [5.41, 5.74) is 0. The predicted molar refractivity (Wildman–Crippen MR) is 54.0 cm³/mol. The molecule has 0 saturated carbocycles. The van der Waals surface area contributed by atoms with Crippen molar-refractivity contribution < 1.29 is 5.11 Å². The van der Waals surface area contributed by atoms with Crippen molar-refractivity contribution in [3.63, 3.8) is 0 Å². The highest BCUT2D eigenvalue weighted by Crippen LogP contribution is 2.10. The molecule has 2 N–H and O–H groups in total. The maximum absolute atomic E-state index is 8.68. The van der Waals surface area contributed by atoms with E-state index in [4.69, 9.17) is 16.7 Å². The Morgan fingerprint density at radius 2 is 2.38 bits per heavy atom. The maximum atomic E-state index is 8.68. The highest BCUT2D eigenvalue weighted by molar-refractivity contribution is 6.30. The highest BCUT2D eigenvalue weighted by atomic mass is 35.5. The maximum Gasteiger partial charge on any atom is 0.126 e. The van der Waals surface area contributed by atoms with Crippen molar-refractivity contribution in [2.45, 2.75) is 19.4 Å². The zero-order valence-electron chi connectivity index (χ0n) is 7.50. The third-order valence-corrected chi connectivity index (χ3v) is 1.91. The molecule has 3 nitrogen and oxygen atoms in total. The lowest BCUT2D eigenvalue weighted by Gasteiger charge is -2.12. The standard InChI is InChI=1S/C9H13ClN2O/c1-7(4-5-13)12-9-3-2-8(10)6-11-9/h2-3,6-7,13H,4-5H2,1H3,(H,11,12). The lowest BCUT2D eigenvalue weighted by Crippen LogP contribution is -2.17. The van der Waals surface area contributed by atoms with Gasteiger partial charge in [-0.2, -0.15) is 0 Å². The van der Waals surface area contributed by atoms with Gasteiger partial charge in [0.15, 0.2) is 0 Å². The van der Waals surface area contributed by atoms with E-state index < -0.39 is 0 Å². The number of pyridine rings is 1. The monoisotopic (exact) mass is 200 g/mol. The van der Waals surface area contributed by atoms with Crippen LogP contribution in [0.3, 0.4) is 0 Å². The number of nitrogens with zero attached hydrogens (tertiary/aromatic N) is 1. The van der Waals surface area contributed by atoms with Crippen LogP contribution in [0.15, 0.2) is 18.3 Å². The van der Waals surface area contributed by atoms with Gasteiger partial charge in [-0.05, 0) is 25.5 Å². The molecule has 0 radical (unpaired) electrons. The number of hydrogen-bond acceptors (Lipinski definition) is 3. The lowest BCUT2D eigenvalue weighted by molar-refractivity contribution is 0.282. The molecule has 1 heterocycles. The molecule has 0 spiro atoms. The van der Waals surface area contributed by atoms with Crippen molar-refractivity contribution in [2.75, 3.05) is 11.9 Å². The fourth-order valence-electron chi connectivity index (χ4n) is 0.979. The molecule has 4 heteroatoms. The number of nitrogens with one attached hydrogen (secondary N) is 1. The first-order valence-corrected chi connectivity index (χ1v) is 4.59. The number of aliphatic hydroxyl groups excluding tert-OH is 1. The van der Waals surface area contributed by atoms with Gasteiger partial charge < -0.3 is 10.4 Å². The number of halogens is 1. The Morgan fingerprint density at radius 3 is 2.92 bits per heavy atom. The first kappa shape index (κ1) is 10.3. The van der Waals surface area contributed by atoms with Gasteiger partial charge in [-0.3, -0.25) is 0 Å². The van der Waals surface area contributed by atoms with Crippen LogP contribution in [0.5, 0.6) is 0 Å². The molecular formula is C9H13ClN2O. The summed E-state index contributed by atoms with van der Waals surface area (Å²) in [4.78, 5) is 4.08. The normalized spacial score (nSPS) is 12.5. The summed E-state index contributed by atoms with van der Waals surface area (Å²) in [6, 6.07) is 3.82. The Kier molecular flexibility index (Phi) is 3.99. The lowest BCUT2D eigenvalue weighted by atomic mass is 10.2. The summed E-state index contributed by atoms with van der Waals surface area (Å²) in [5.74, 6) is 0.783. The van der Waals surface area contributed by atoms with Crippen LogP contribution in [-0.4, -0.2) is 22.7 Å². The molecule has 1 aromatic heterocycles. The van der Waals surface area contributed by atoms with E-state index in [0.717, 1.165) is 5.82 Å². The number of aromatic nitrogens is 1. The molecule has 0 aliphatic heterocycles. The van der Waals surface area contributed by atoms with Gasteiger partial charge in [0.2, 0.25) is 0 Å². The first-order valence-electron chi connectivity index (χ1n) is 4.21. The molecule has 1 atom stereocenters. The third-order valence-electron chi connectivity index (χ3n) is 1.68. The average molecular weight is 201 g/mol. The molecule has 0 aliphatic carbocycles. The van der Waals surface area contributed by atoms with Crippen LogP contribution in [0, 0.1) is 0 Å². The van der Waals surface area contributed by atoms with Crippen LogP contribution in [0.4, 0.5) is 5.82 Å². The summed E-state index contributed by atoms with van der Waals surface area (Å²) in [7, 11) is 0. The van der Waals surface area contributed by atoms with Crippen molar-refractivity contribution in [3.05, 3.63) is 23.4 Å². The zero-order chi connectivity index (χ0) is 9.68. The van der Waals surface area contributed by atoms with Crippen molar-refractivity contribution in [1.82, 2.24) is 4.98 Å². The smallest absolute Gasteiger partial charge is 0.126 e. The van der Waals surface area contributed by atoms with Crippen molar-refractivity contribution >= 4 is 17.4 Å². The van der Waals surface area contributed by atoms with Gasteiger partial charge in [0, 0.05) is 18.8 Å². The molecule has 0 aliphatic rings. The second kappa shape index (κ2) is 5.04. The van der Waals surface area contributed by atoms with Gasteiger partial charge in [-0.15, -0.1) is 0 Å². The van der Waals surface area contributed by atoms with Crippen LogP contribution in [0.2, 0.25) is 5.02 Å². The van der Waals surface area contributed by atoms with E-state index in [0.29, 0.717) is 11.4 Å². The highest BCUT2D eigenvalue weighted by Gasteiger charge is 2.00. The van der Waals surface area contributed by atoms with Gasteiger partial charge in [-0.1, -0.05) is 11.6 Å². The molecule has 13 heavy (non-hydrogen) atoms. The third kappa shape index (κ3) is 3.61. The molecule has 0 saturated heterocycles. The first-order chi connectivity index (χ1) is 6.22. The van der Waals surface area contributed by atoms with Gasteiger partial charge in [-0.25, -0.2) is 4.98 Å². The quantitative estimate of drug-likeness (QED) is 0.781. The molecule has 72 valence electrons. The van der Waals surface area contributed by atoms with Crippen LogP contribution in [0.1, 0.15) is 13.3 Å². The number of rotatable bonds is 4. The fourth-order valence-corrected chi connectivity index (χ4v) is 1.09. The summed E-state index contributed by atoms with van der Waals surface area (Å²) in [6.45, 7) is 2.17. The second-order valence-corrected chi connectivity index (χ2v) is 3.36. The van der Waals surface area contributed by atoms with E-state index >= 15 is 0 Å². The van der Waals surface area contributed by atoms with Crippen molar-refractivity contribution in [3.8, 4) is 0 Å². The largest absolute Gasteiger partial charge is 0.396 e. The molecule has 1 rings (SSSR count). The average Bonchev–Trinajstić information content (AvgIpc) is 2.09. The zero-order valence-corrected chi connectivity index (χ0v) is 8.25. The van der Waals surface area contributed by atoms with Gasteiger partial charge in [0.1, 0.15) is 5.82 Å². The van der Waals surface area contributed by atoms with Crippen LogP contribution in [0.25, 0.3) is 0 Å². The van der Waals surface area contributed by atoms with Crippen molar-refractivity contribution in [1.29, 1.82) is 0 Å². The topological polar surface area (TPSA) is 45.1 Å². The van der Waals surface area contributed by atoms with Crippen molar-refractivity contribution in [2.24, 2.45) is 0 Å². The Bertz CT molecular complexity index is 250. The van der Waals surface area contributed by atoms with Gasteiger partial charge in [0.05, 0.1) is 5.02 Å². The summed E-state index contributed by atoms with van der Waals surface area (Å²) in [5, 5.41) is 12.4. The molecular weight excluding hydrogens is 188 g/mol. The number of aliphatic hydroxyl groups is 1.